The van der Waals surface area contributed by atoms with Crippen LogP contribution in [0.5, 0.6) is 0 Å². The van der Waals surface area contributed by atoms with Crippen LogP contribution in [-0.2, 0) is 24.4 Å². The molecule has 0 spiro atoms. The second kappa shape index (κ2) is 6.46. The van der Waals surface area contributed by atoms with Gasteiger partial charge in [-0.3, -0.25) is 14.5 Å². The van der Waals surface area contributed by atoms with E-state index in [9.17, 15) is 22.6 Å². The Morgan fingerprint density at radius 2 is 1.64 bits per heavy atom. The van der Waals surface area contributed by atoms with Crippen LogP contribution < -0.4 is 0 Å². The molecular formula is C16H24N2O6S. The average molecular weight is 372 g/mol. The largest absolute Gasteiger partial charge is 0.748 e. The minimum Gasteiger partial charge on any atom is -0.748 e. The minimum absolute atomic E-state index is 0.149. The number of carbonyl (C=O) groups is 2. The number of likely N-dealkylation sites (N-methyl/N-ethyl adjacent to an activating group) is 1. The zero-order valence-electron chi connectivity index (χ0n) is 14.5. The third-order valence-electron chi connectivity index (χ3n) is 5.34. The molecule has 0 N–H and O–H groups in total. The molecule has 2 amide bonds. The summed E-state index contributed by atoms with van der Waals surface area (Å²) in [5, 5.41) is 0. The minimum atomic E-state index is -4.17. The lowest BCUT2D eigenvalue weighted by Crippen LogP contribution is -2.48. The summed E-state index contributed by atoms with van der Waals surface area (Å²) in [6.07, 6.45) is 4.12. The zero-order chi connectivity index (χ0) is 18.4. The van der Waals surface area contributed by atoms with E-state index >= 15 is 0 Å². The van der Waals surface area contributed by atoms with Crippen LogP contribution in [0.3, 0.4) is 0 Å². The number of quaternary nitrogens is 1. The molecule has 0 aromatic carbocycles. The van der Waals surface area contributed by atoms with E-state index in [1.165, 1.54) is 4.90 Å². The predicted molar refractivity (Wildman–Crippen MR) is 87.1 cm³/mol. The van der Waals surface area contributed by atoms with E-state index < -0.39 is 10.1 Å². The first-order valence-electron chi connectivity index (χ1n) is 8.54. The van der Waals surface area contributed by atoms with Crippen LogP contribution in [0.4, 0.5) is 0 Å². The molecule has 3 aliphatic rings. The third-order valence-corrected chi connectivity index (χ3v) is 6.13. The normalized spacial score (nSPS) is 31.2. The lowest BCUT2D eigenvalue weighted by atomic mass is 9.85. The van der Waals surface area contributed by atoms with Crippen molar-refractivity contribution in [2.45, 2.75) is 25.0 Å². The summed E-state index contributed by atoms with van der Waals surface area (Å²) < 4.78 is 38.0. The van der Waals surface area contributed by atoms with Crippen LogP contribution in [-0.4, -0.2) is 85.9 Å². The lowest BCUT2D eigenvalue weighted by molar-refractivity contribution is -0.889. The van der Waals surface area contributed by atoms with E-state index in [0.717, 1.165) is 0 Å². The molecule has 4 atom stereocenters. The van der Waals surface area contributed by atoms with Crippen molar-refractivity contribution < 1.29 is 31.8 Å². The van der Waals surface area contributed by atoms with Gasteiger partial charge in [-0.1, -0.05) is 12.2 Å². The molecule has 0 aromatic heterocycles. The maximum Gasteiger partial charge on any atom is 0.236 e. The number of nitrogens with zero attached hydrogens (tertiary/aromatic N) is 2. The number of imide groups is 1. The smallest absolute Gasteiger partial charge is 0.236 e. The van der Waals surface area contributed by atoms with Gasteiger partial charge in [0.1, 0.15) is 0 Å². The Hall–Kier alpha value is -1.29. The molecule has 0 saturated carbocycles. The van der Waals surface area contributed by atoms with Crippen molar-refractivity contribution >= 4 is 21.9 Å². The summed E-state index contributed by atoms with van der Waals surface area (Å²) in [7, 11) is -0.239. The van der Waals surface area contributed by atoms with Gasteiger partial charge >= 0.3 is 0 Å². The molecule has 2 bridgehead atoms. The van der Waals surface area contributed by atoms with E-state index in [1.54, 1.807) is 0 Å². The summed E-state index contributed by atoms with van der Waals surface area (Å²) in [5.74, 6) is -1.40. The van der Waals surface area contributed by atoms with Gasteiger partial charge in [0.15, 0.2) is 0 Å². The number of rotatable bonds is 8. The zero-order valence-corrected chi connectivity index (χ0v) is 15.3. The molecular weight excluding hydrogens is 348 g/mol. The second-order valence-corrected chi connectivity index (χ2v) is 9.21. The van der Waals surface area contributed by atoms with Crippen molar-refractivity contribution in [2.24, 2.45) is 11.8 Å². The number of likely N-dealkylation sites (tertiary alicyclic amines) is 1. The third kappa shape index (κ3) is 3.79. The maximum atomic E-state index is 12.6. The average Bonchev–Trinajstić information content (AvgIpc) is 3.16. The Bertz CT molecular complexity index is 671. The molecule has 3 rings (SSSR count). The fraction of sp³-hybridized carbons (Fsp3) is 0.750. The van der Waals surface area contributed by atoms with Gasteiger partial charge in [-0.05, 0) is 12.8 Å². The monoisotopic (exact) mass is 372 g/mol. The summed E-state index contributed by atoms with van der Waals surface area (Å²) in [5.41, 5.74) is 0. The summed E-state index contributed by atoms with van der Waals surface area (Å²) >= 11 is 0. The van der Waals surface area contributed by atoms with Crippen molar-refractivity contribution in [2.75, 3.05) is 39.5 Å². The van der Waals surface area contributed by atoms with E-state index in [2.05, 4.69) is 0 Å². The molecule has 0 aliphatic carbocycles. The highest BCUT2D eigenvalue weighted by Gasteiger charge is 2.60. The van der Waals surface area contributed by atoms with Gasteiger partial charge < -0.3 is 13.8 Å². The van der Waals surface area contributed by atoms with Gasteiger partial charge in [0, 0.05) is 5.75 Å². The predicted octanol–water partition coefficient (Wildman–Crippen LogP) is -0.673. The molecule has 3 aliphatic heterocycles. The fourth-order valence-electron chi connectivity index (χ4n) is 3.89. The summed E-state index contributed by atoms with van der Waals surface area (Å²) in [4.78, 5) is 26.5. The Balaban J connectivity index is 1.50. The summed E-state index contributed by atoms with van der Waals surface area (Å²) in [6, 6.07) is 0. The molecule has 2 saturated heterocycles. The topological polar surface area (TPSA) is 104 Å². The number of hydrogen-bond acceptors (Lipinski definition) is 6. The van der Waals surface area contributed by atoms with Crippen molar-refractivity contribution in [1.29, 1.82) is 0 Å². The van der Waals surface area contributed by atoms with Gasteiger partial charge in [0.25, 0.3) is 0 Å². The first-order valence-corrected chi connectivity index (χ1v) is 10.1. The van der Waals surface area contributed by atoms with Crippen LogP contribution in [0.15, 0.2) is 12.2 Å². The molecule has 0 aromatic rings. The van der Waals surface area contributed by atoms with Crippen LogP contribution in [0.1, 0.15) is 12.8 Å². The van der Waals surface area contributed by atoms with Gasteiger partial charge in [-0.2, -0.15) is 0 Å². The van der Waals surface area contributed by atoms with E-state index in [-0.39, 0.29) is 41.6 Å². The van der Waals surface area contributed by atoms with Crippen molar-refractivity contribution in [3.63, 3.8) is 0 Å². The van der Waals surface area contributed by atoms with Crippen LogP contribution >= 0.6 is 0 Å². The van der Waals surface area contributed by atoms with Crippen LogP contribution in [0, 0.1) is 11.8 Å². The highest BCUT2D eigenvalue weighted by atomic mass is 32.2. The lowest BCUT2D eigenvalue weighted by Gasteiger charge is -2.31. The molecule has 0 radical (unpaired) electrons. The first-order chi connectivity index (χ1) is 11.6. The Labute approximate surface area is 147 Å². The Kier molecular flexibility index (Phi) is 4.78. The maximum absolute atomic E-state index is 12.6. The van der Waals surface area contributed by atoms with Gasteiger partial charge in [-0.15, -0.1) is 0 Å². The van der Waals surface area contributed by atoms with Crippen molar-refractivity contribution in [3.8, 4) is 0 Å². The molecule has 4 unspecified atom stereocenters. The second-order valence-electron chi connectivity index (χ2n) is 7.68. The molecule has 3 heterocycles. The number of hydrogen-bond donors (Lipinski definition) is 0. The number of unbranched alkanes of at least 4 members (excludes halogenated alkanes) is 1. The standard InChI is InChI=1S/C16H24N2O6S/c1-18(2,8-3-4-10-25(21,22)23)9-7-17-15(19)13-11-5-6-12(24-11)14(13)16(17)20/h5-6,11-14H,3-4,7-10H2,1-2H3. The number of ether oxygens (including phenoxy) is 1. The van der Waals surface area contributed by atoms with E-state index in [4.69, 9.17) is 4.74 Å². The van der Waals surface area contributed by atoms with Crippen LogP contribution in [0.25, 0.3) is 0 Å². The fourth-order valence-corrected chi connectivity index (χ4v) is 4.44. The van der Waals surface area contributed by atoms with Gasteiger partial charge in [0.05, 0.1) is 67.9 Å². The van der Waals surface area contributed by atoms with Crippen molar-refractivity contribution in [3.05, 3.63) is 12.2 Å². The Morgan fingerprint density at radius 3 is 2.16 bits per heavy atom. The van der Waals surface area contributed by atoms with E-state index in [0.29, 0.717) is 37.0 Å². The van der Waals surface area contributed by atoms with E-state index in [1.807, 2.05) is 26.2 Å². The van der Waals surface area contributed by atoms with Gasteiger partial charge in [-0.25, -0.2) is 8.42 Å². The quantitative estimate of drug-likeness (QED) is 0.184. The molecule has 25 heavy (non-hydrogen) atoms. The van der Waals surface area contributed by atoms with Crippen LogP contribution in [0.2, 0.25) is 0 Å². The molecule has 8 nitrogen and oxygen atoms in total. The summed E-state index contributed by atoms with van der Waals surface area (Å²) in [6.45, 7) is 1.61. The first kappa shape index (κ1) is 18.5. The number of carbonyl (C=O) groups excluding carboxylic acids is 2. The molecule has 2 fully saturated rings. The number of fused-ring (bicyclic) bond motifs is 5. The number of amides is 2. The SMILES string of the molecule is C[N+](C)(CCCCS(=O)(=O)[O-])CCN1C(=O)C2C3C=CC(O3)C2C1=O. The highest BCUT2D eigenvalue weighted by molar-refractivity contribution is 7.85. The highest BCUT2D eigenvalue weighted by Crippen LogP contribution is 2.44. The molecule has 9 heteroatoms. The molecule has 140 valence electrons. The Morgan fingerprint density at radius 1 is 1.08 bits per heavy atom. The van der Waals surface area contributed by atoms with Crippen molar-refractivity contribution in [1.82, 2.24) is 4.90 Å². The van der Waals surface area contributed by atoms with Gasteiger partial charge in [0.2, 0.25) is 11.8 Å².